The molecule has 96 valence electrons. The molecule has 0 spiro atoms. The molecule has 1 aliphatic rings. The largest absolute Gasteiger partial charge is 0.369 e. The number of para-hydroxylation sites is 1. The van der Waals surface area contributed by atoms with E-state index in [0.717, 1.165) is 6.42 Å². The maximum absolute atomic E-state index is 14.0. The van der Waals surface area contributed by atoms with E-state index in [0.29, 0.717) is 22.9 Å². The van der Waals surface area contributed by atoms with E-state index in [-0.39, 0.29) is 11.9 Å². The van der Waals surface area contributed by atoms with Crippen molar-refractivity contribution >= 4 is 17.0 Å². The predicted molar refractivity (Wildman–Crippen MR) is 70.8 cm³/mol. The van der Waals surface area contributed by atoms with Gasteiger partial charge in [-0.1, -0.05) is 25.8 Å². The maximum Gasteiger partial charge on any atom is 0.201 e. The smallest absolute Gasteiger partial charge is 0.201 e. The highest BCUT2D eigenvalue weighted by Crippen LogP contribution is 2.37. The fraction of sp³-hybridized carbons (Fsp3) is 0.500. The summed E-state index contributed by atoms with van der Waals surface area (Å²) in [5.41, 5.74) is 7.22. The van der Waals surface area contributed by atoms with Crippen molar-refractivity contribution in [1.29, 1.82) is 0 Å². The van der Waals surface area contributed by atoms with Gasteiger partial charge in [0.1, 0.15) is 11.3 Å². The molecule has 0 bridgehead atoms. The van der Waals surface area contributed by atoms with E-state index < -0.39 is 0 Å². The fourth-order valence-electron chi connectivity index (χ4n) is 3.14. The number of rotatable bonds is 1. The zero-order valence-corrected chi connectivity index (χ0v) is 10.6. The van der Waals surface area contributed by atoms with Crippen molar-refractivity contribution in [3.05, 3.63) is 24.0 Å². The molecule has 1 fully saturated rings. The second kappa shape index (κ2) is 4.26. The molecule has 0 radical (unpaired) electrons. The fourth-order valence-corrected chi connectivity index (χ4v) is 3.14. The van der Waals surface area contributed by atoms with Crippen molar-refractivity contribution < 1.29 is 4.39 Å². The third-order valence-corrected chi connectivity index (χ3v) is 4.09. The third-order valence-electron chi connectivity index (χ3n) is 4.09. The number of hydrogen-bond acceptors (Lipinski definition) is 2. The lowest BCUT2D eigenvalue weighted by Gasteiger charge is -2.31. The Morgan fingerprint density at radius 2 is 2.11 bits per heavy atom. The number of nitrogens with zero attached hydrogens (tertiary/aromatic N) is 2. The molecule has 1 aromatic heterocycles. The Bertz CT molecular complexity index is 576. The molecule has 1 heterocycles. The van der Waals surface area contributed by atoms with Crippen LogP contribution in [0, 0.1) is 11.7 Å². The molecule has 18 heavy (non-hydrogen) atoms. The van der Waals surface area contributed by atoms with Gasteiger partial charge in [-0.05, 0) is 30.9 Å². The highest BCUT2D eigenvalue weighted by atomic mass is 19.1. The van der Waals surface area contributed by atoms with Crippen LogP contribution in [0.5, 0.6) is 0 Å². The standard InChI is InChI=1S/C14H18FN3/c1-9-5-2-3-8-12(9)18-13-10(15)6-4-7-11(13)17-14(18)16/h4,6-7,9,12H,2-3,5,8H2,1H3,(H2,16,17). The molecule has 2 unspecified atom stereocenters. The average molecular weight is 247 g/mol. The molecule has 1 aromatic carbocycles. The summed E-state index contributed by atoms with van der Waals surface area (Å²) in [6, 6.07) is 5.26. The summed E-state index contributed by atoms with van der Waals surface area (Å²) >= 11 is 0. The Morgan fingerprint density at radius 3 is 2.89 bits per heavy atom. The van der Waals surface area contributed by atoms with Crippen LogP contribution in [0.3, 0.4) is 0 Å². The van der Waals surface area contributed by atoms with Crippen LogP contribution >= 0.6 is 0 Å². The summed E-state index contributed by atoms with van der Waals surface area (Å²) in [5.74, 6) is 0.737. The molecule has 2 atom stereocenters. The predicted octanol–water partition coefficient (Wildman–Crippen LogP) is 3.51. The Morgan fingerprint density at radius 1 is 1.33 bits per heavy atom. The van der Waals surface area contributed by atoms with E-state index in [4.69, 9.17) is 5.73 Å². The zero-order chi connectivity index (χ0) is 12.7. The van der Waals surface area contributed by atoms with Gasteiger partial charge in [0, 0.05) is 6.04 Å². The van der Waals surface area contributed by atoms with E-state index in [1.54, 1.807) is 6.07 Å². The molecule has 2 aromatic rings. The van der Waals surface area contributed by atoms with Crippen molar-refractivity contribution in [2.24, 2.45) is 5.92 Å². The number of hydrogen-bond donors (Lipinski definition) is 1. The van der Waals surface area contributed by atoms with Gasteiger partial charge < -0.3 is 10.3 Å². The summed E-state index contributed by atoms with van der Waals surface area (Å²) in [5, 5.41) is 0. The van der Waals surface area contributed by atoms with E-state index in [9.17, 15) is 4.39 Å². The lowest BCUT2D eigenvalue weighted by Crippen LogP contribution is -2.22. The molecule has 4 heteroatoms. The summed E-state index contributed by atoms with van der Waals surface area (Å²) in [6.07, 6.45) is 4.68. The maximum atomic E-state index is 14.0. The van der Waals surface area contributed by atoms with Gasteiger partial charge in [0.2, 0.25) is 5.95 Å². The number of benzene rings is 1. The van der Waals surface area contributed by atoms with Crippen molar-refractivity contribution in [2.45, 2.75) is 38.6 Å². The van der Waals surface area contributed by atoms with Gasteiger partial charge in [0.15, 0.2) is 0 Å². The summed E-state index contributed by atoms with van der Waals surface area (Å²) in [6.45, 7) is 2.22. The number of nitrogens with two attached hydrogens (primary N) is 1. The number of halogens is 1. The Hall–Kier alpha value is -1.58. The minimum absolute atomic E-state index is 0.227. The minimum Gasteiger partial charge on any atom is -0.369 e. The minimum atomic E-state index is -0.227. The van der Waals surface area contributed by atoms with Crippen LogP contribution in [0.15, 0.2) is 18.2 Å². The van der Waals surface area contributed by atoms with Crippen molar-refractivity contribution in [1.82, 2.24) is 9.55 Å². The Balaban J connectivity index is 2.18. The van der Waals surface area contributed by atoms with E-state index in [2.05, 4.69) is 11.9 Å². The normalized spacial score (nSPS) is 24.6. The quantitative estimate of drug-likeness (QED) is 0.838. The van der Waals surface area contributed by atoms with Crippen molar-refractivity contribution in [3.63, 3.8) is 0 Å². The second-order valence-electron chi connectivity index (χ2n) is 5.28. The van der Waals surface area contributed by atoms with Crippen LogP contribution in [0.2, 0.25) is 0 Å². The molecule has 3 rings (SSSR count). The molecule has 0 amide bonds. The SMILES string of the molecule is CC1CCCCC1n1c(N)nc2cccc(F)c21. The van der Waals surface area contributed by atoms with Gasteiger partial charge in [0.05, 0.1) is 5.52 Å². The van der Waals surface area contributed by atoms with Crippen LogP contribution in [0.4, 0.5) is 10.3 Å². The van der Waals surface area contributed by atoms with Gasteiger partial charge in [-0.3, -0.25) is 0 Å². The van der Waals surface area contributed by atoms with Crippen molar-refractivity contribution in [2.75, 3.05) is 5.73 Å². The first kappa shape index (κ1) is 11.5. The lowest BCUT2D eigenvalue weighted by molar-refractivity contribution is 0.263. The molecule has 2 N–H and O–H groups in total. The van der Waals surface area contributed by atoms with Crippen LogP contribution in [0.1, 0.15) is 38.6 Å². The van der Waals surface area contributed by atoms with Crippen LogP contribution < -0.4 is 5.73 Å². The van der Waals surface area contributed by atoms with Crippen LogP contribution in [-0.4, -0.2) is 9.55 Å². The number of anilines is 1. The zero-order valence-electron chi connectivity index (χ0n) is 10.6. The number of nitrogen functional groups attached to an aromatic ring is 1. The van der Waals surface area contributed by atoms with E-state index >= 15 is 0 Å². The number of aromatic nitrogens is 2. The Kier molecular flexibility index (Phi) is 2.73. The average Bonchev–Trinajstić information content (AvgIpc) is 2.68. The summed E-state index contributed by atoms with van der Waals surface area (Å²) in [7, 11) is 0. The summed E-state index contributed by atoms with van der Waals surface area (Å²) in [4.78, 5) is 4.28. The molecule has 1 aliphatic carbocycles. The highest BCUT2D eigenvalue weighted by molar-refractivity contribution is 5.79. The van der Waals surface area contributed by atoms with Gasteiger partial charge in [-0.25, -0.2) is 9.37 Å². The third kappa shape index (κ3) is 1.67. The van der Waals surface area contributed by atoms with E-state index in [1.807, 2.05) is 10.6 Å². The first-order chi connectivity index (χ1) is 8.68. The summed E-state index contributed by atoms with van der Waals surface area (Å²) < 4.78 is 15.9. The van der Waals surface area contributed by atoms with Crippen LogP contribution in [0.25, 0.3) is 11.0 Å². The van der Waals surface area contributed by atoms with E-state index in [1.165, 1.54) is 25.3 Å². The van der Waals surface area contributed by atoms with Gasteiger partial charge >= 0.3 is 0 Å². The second-order valence-corrected chi connectivity index (χ2v) is 5.28. The topological polar surface area (TPSA) is 43.8 Å². The number of fused-ring (bicyclic) bond motifs is 1. The Labute approximate surface area is 106 Å². The molecule has 0 saturated heterocycles. The molecular weight excluding hydrogens is 229 g/mol. The van der Waals surface area contributed by atoms with Gasteiger partial charge in [-0.2, -0.15) is 0 Å². The van der Waals surface area contributed by atoms with Crippen molar-refractivity contribution in [3.8, 4) is 0 Å². The lowest BCUT2D eigenvalue weighted by atomic mass is 9.85. The molecular formula is C14H18FN3. The first-order valence-electron chi connectivity index (χ1n) is 6.60. The van der Waals surface area contributed by atoms with Gasteiger partial charge in [-0.15, -0.1) is 0 Å². The highest BCUT2D eigenvalue weighted by Gasteiger charge is 2.27. The van der Waals surface area contributed by atoms with Gasteiger partial charge in [0.25, 0.3) is 0 Å². The first-order valence-corrected chi connectivity index (χ1v) is 6.60. The molecule has 3 nitrogen and oxygen atoms in total. The molecule has 0 aliphatic heterocycles. The monoisotopic (exact) mass is 247 g/mol. The van der Waals surface area contributed by atoms with Crippen LogP contribution in [-0.2, 0) is 0 Å². The molecule has 1 saturated carbocycles. The number of imidazole rings is 1.